The summed E-state index contributed by atoms with van der Waals surface area (Å²) in [5, 5.41) is 0. The van der Waals surface area contributed by atoms with Gasteiger partial charge in [-0.2, -0.15) is 0 Å². The van der Waals surface area contributed by atoms with Gasteiger partial charge in [-0.05, 0) is 77.6 Å². The molecule has 0 aliphatic rings. The Hall–Kier alpha value is -4.26. The summed E-state index contributed by atoms with van der Waals surface area (Å²) in [6.45, 7) is 26.9. The van der Waals surface area contributed by atoms with E-state index in [1.807, 2.05) is 0 Å². The van der Waals surface area contributed by atoms with E-state index in [9.17, 15) is 0 Å². The lowest BCUT2D eigenvalue weighted by molar-refractivity contribution is 0.590. The molecule has 4 aromatic carbocycles. The molecule has 0 heteroatoms. The molecule has 0 aliphatic heterocycles. The number of hydrogen-bond acceptors (Lipinski definition) is 0. The Bertz CT molecular complexity index is 1560. The Morgan fingerprint density at radius 3 is 0.630 bits per heavy atom. The average molecular weight is 605 g/mol. The molecule has 0 amide bonds. The average Bonchev–Trinajstić information content (AvgIpc) is 2.98. The lowest BCUT2D eigenvalue weighted by atomic mass is 9.84. The van der Waals surface area contributed by atoms with Crippen LogP contribution < -0.4 is 0 Å². The second kappa shape index (κ2) is 13.2. The van der Waals surface area contributed by atoms with Gasteiger partial charge in [0.1, 0.15) is 0 Å². The van der Waals surface area contributed by atoms with Crippen molar-refractivity contribution in [3.63, 3.8) is 0 Å². The van der Waals surface area contributed by atoms with Crippen LogP contribution in [0.2, 0.25) is 0 Å². The van der Waals surface area contributed by atoms with Gasteiger partial charge in [-0.3, -0.25) is 0 Å². The lowest BCUT2D eigenvalue weighted by Gasteiger charge is -2.20. The molecule has 0 aromatic heterocycles. The fraction of sp³-hybridized carbons (Fsp3) is 0.348. The quantitative estimate of drug-likeness (QED) is 0.203. The Morgan fingerprint density at radius 2 is 0.478 bits per heavy atom. The fourth-order valence-electron chi connectivity index (χ4n) is 5.36. The van der Waals surface area contributed by atoms with Crippen molar-refractivity contribution in [2.24, 2.45) is 0 Å². The second-order valence-electron chi connectivity index (χ2n) is 16.6. The van der Waals surface area contributed by atoms with E-state index in [0.29, 0.717) is 0 Å². The summed E-state index contributed by atoms with van der Waals surface area (Å²) >= 11 is 0. The Labute approximate surface area is 279 Å². The highest BCUT2D eigenvalue weighted by atomic mass is 14.2. The standard InChI is InChI=1S/C46H52/c1-43(2,3)37-25-17-33(18-26-37)41(34-19-27-38(28-20-34)44(4,5)6)15-13-14-16-42(35-21-29-39(30-22-35)45(7,8)9)36-23-31-40(32-24-36)46(10,11)12/h17-32H,1-12H3. The molecule has 0 atom stereocenters. The first-order valence-electron chi connectivity index (χ1n) is 16.5. The topological polar surface area (TPSA) is 0 Å². The van der Waals surface area contributed by atoms with E-state index in [1.165, 1.54) is 22.3 Å². The monoisotopic (exact) mass is 604 g/mol. The van der Waals surface area contributed by atoms with E-state index in [2.05, 4.69) is 203 Å². The highest BCUT2D eigenvalue weighted by Gasteiger charge is 2.17. The molecule has 0 fully saturated rings. The van der Waals surface area contributed by atoms with Crippen molar-refractivity contribution in [3.8, 4) is 0 Å². The summed E-state index contributed by atoms with van der Waals surface area (Å²) in [6.07, 6.45) is 0. The molecule has 0 nitrogen and oxygen atoms in total. The summed E-state index contributed by atoms with van der Waals surface area (Å²) in [4.78, 5) is 0. The number of rotatable bonds is 4. The van der Waals surface area contributed by atoms with Gasteiger partial charge in [0.25, 0.3) is 0 Å². The summed E-state index contributed by atoms with van der Waals surface area (Å²) in [5.74, 6) is 0. The van der Waals surface area contributed by atoms with Crippen LogP contribution in [-0.2, 0) is 21.7 Å². The molecule has 0 unspecified atom stereocenters. The minimum atomic E-state index is 0.0899. The summed E-state index contributed by atoms with van der Waals surface area (Å²) in [6, 6.07) is 35.3. The van der Waals surface area contributed by atoms with Crippen molar-refractivity contribution in [1.82, 2.24) is 0 Å². The number of hydrogen-bond donors (Lipinski definition) is 0. The second-order valence-corrected chi connectivity index (χ2v) is 16.6. The van der Waals surface area contributed by atoms with E-state index in [0.717, 1.165) is 33.4 Å². The molecule has 4 aromatic rings. The van der Waals surface area contributed by atoms with Gasteiger partial charge >= 0.3 is 0 Å². The predicted octanol–water partition coefficient (Wildman–Crippen LogP) is 12.5. The molecular weight excluding hydrogens is 553 g/mol. The highest BCUT2D eigenvalue weighted by Crippen LogP contribution is 2.31. The van der Waals surface area contributed by atoms with Crippen LogP contribution in [0, 0.1) is 0 Å². The molecule has 0 heterocycles. The maximum atomic E-state index is 3.46. The molecule has 0 saturated carbocycles. The maximum Gasteiger partial charge on any atom is 0.0400 e. The van der Waals surface area contributed by atoms with Crippen molar-refractivity contribution in [3.05, 3.63) is 164 Å². The van der Waals surface area contributed by atoms with Crippen LogP contribution in [0.5, 0.6) is 0 Å². The third kappa shape index (κ3) is 8.71. The van der Waals surface area contributed by atoms with Crippen LogP contribution in [0.25, 0.3) is 11.1 Å². The predicted molar refractivity (Wildman–Crippen MR) is 200 cm³/mol. The van der Waals surface area contributed by atoms with Crippen LogP contribution in [-0.4, -0.2) is 0 Å². The first kappa shape index (κ1) is 34.6. The highest BCUT2D eigenvalue weighted by molar-refractivity contribution is 5.80. The Balaban J connectivity index is 1.95. The molecule has 0 saturated heterocycles. The van der Waals surface area contributed by atoms with Gasteiger partial charge in [-0.15, -0.1) is 0 Å². The molecule has 0 radical (unpaired) electrons. The van der Waals surface area contributed by atoms with E-state index in [1.54, 1.807) is 0 Å². The first-order valence-corrected chi connectivity index (χ1v) is 16.5. The van der Waals surface area contributed by atoms with Gasteiger partial charge in [0.2, 0.25) is 0 Å². The third-order valence-corrected chi connectivity index (χ3v) is 8.60. The molecule has 0 spiro atoms. The largest absolute Gasteiger partial charge is 0.0579 e. The van der Waals surface area contributed by atoms with Gasteiger partial charge in [-0.1, -0.05) is 192 Å². The van der Waals surface area contributed by atoms with Crippen LogP contribution in [0.1, 0.15) is 128 Å². The minimum Gasteiger partial charge on any atom is -0.0579 e. The fourth-order valence-corrected chi connectivity index (χ4v) is 5.36. The Morgan fingerprint density at radius 1 is 0.304 bits per heavy atom. The zero-order valence-electron chi connectivity index (χ0n) is 30.2. The van der Waals surface area contributed by atoms with Crippen LogP contribution >= 0.6 is 0 Å². The van der Waals surface area contributed by atoms with E-state index >= 15 is 0 Å². The SMILES string of the molecule is CC(C)(C)c1ccc(C(=C=C=C=C=C(c2ccc(C(C)(C)C)cc2)c2ccc(C(C)(C)C)cc2)c2ccc(C(C)(C)C)cc2)cc1. The number of benzene rings is 4. The first-order chi connectivity index (χ1) is 21.3. The molecule has 46 heavy (non-hydrogen) atoms. The Kier molecular flexibility index (Phi) is 9.95. The zero-order valence-corrected chi connectivity index (χ0v) is 30.2. The van der Waals surface area contributed by atoms with Crippen LogP contribution in [0.4, 0.5) is 0 Å². The normalized spacial score (nSPS) is 12.0. The maximum absolute atomic E-state index is 3.46. The third-order valence-electron chi connectivity index (χ3n) is 8.60. The molecule has 236 valence electrons. The van der Waals surface area contributed by atoms with Gasteiger partial charge in [0.05, 0.1) is 0 Å². The van der Waals surface area contributed by atoms with Gasteiger partial charge in [-0.25, -0.2) is 0 Å². The summed E-state index contributed by atoms with van der Waals surface area (Å²) in [5.41, 5.74) is 25.4. The molecular formula is C46H52. The van der Waals surface area contributed by atoms with Crippen molar-refractivity contribution in [2.75, 3.05) is 0 Å². The molecule has 4 rings (SSSR count). The van der Waals surface area contributed by atoms with Crippen LogP contribution in [0.3, 0.4) is 0 Å². The van der Waals surface area contributed by atoms with Crippen molar-refractivity contribution < 1.29 is 0 Å². The molecule has 0 N–H and O–H groups in total. The van der Waals surface area contributed by atoms with Gasteiger partial charge in [0, 0.05) is 11.1 Å². The van der Waals surface area contributed by atoms with E-state index < -0.39 is 0 Å². The zero-order chi connectivity index (χ0) is 33.9. The van der Waals surface area contributed by atoms with Gasteiger partial charge in [0.15, 0.2) is 0 Å². The lowest BCUT2D eigenvalue weighted by Crippen LogP contribution is -2.11. The summed E-state index contributed by atoms with van der Waals surface area (Å²) in [7, 11) is 0. The van der Waals surface area contributed by atoms with Crippen molar-refractivity contribution in [2.45, 2.75) is 105 Å². The van der Waals surface area contributed by atoms with Crippen molar-refractivity contribution in [1.29, 1.82) is 0 Å². The van der Waals surface area contributed by atoms with Crippen molar-refractivity contribution >= 4 is 11.1 Å². The van der Waals surface area contributed by atoms with E-state index in [-0.39, 0.29) is 21.7 Å². The van der Waals surface area contributed by atoms with Gasteiger partial charge < -0.3 is 0 Å². The summed E-state index contributed by atoms with van der Waals surface area (Å²) < 4.78 is 0. The smallest absolute Gasteiger partial charge is 0.0400 e. The van der Waals surface area contributed by atoms with Crippen LogP contribution in [0.15, 0.2) is 120 Å². The molecule has 0 bridgehead atoms. The van der Waals surface area contributed by atoms with E-state index in [4.69, 9.17) is 0 Å². The molecule has 0 aliphatic carbocycles. The minimum absolute atomic E-state index is 0.0899.